The lowest BCUT2D eigenvalue weighted by Crippen LogP contribution is -2.41. The van der Waals surface area contributed by atoms with Gasteiger partial charge in [-0.15, -0.1) is 0 Å². The molecule has 1 heterocycles. The van der Waals surface area contributed by atoms with E-state index in [2.05, 4.69) is 12.2 Å². The molecule has 0 spiro atoms. The van der Waals surface area contributed by atoms with Crippen LogP contribution in [0.4, 0.5) is 0 Å². The third-order valence-corrected chi connectivity index (χ3v) is 6.34. The van der Waals surface area contributed by atoms with Crippen molar-refractivity contribution in [2.24, 2.45) is 0 Å². The second-order valence-corrected chi connectivity index (χ2v) is 8.73. The molecule has 170 valence electrons. The number of carbonyl (C=O) groups excluding carboxylic acids is 2. The maximum atomic E-state index is 13.3. The summed E-state index contributed by atoms with van der Waals surface area (Å²) in [5, 5.41) is 3.70. The highest BCUT2D eigenvalue weighted by molar-refractivity contribution is 6.30. The number of hydrogen-bond donors (Lipinski definition) is 1. The van der Waals surface area contributed by atoms with Crippen molar-refractivity contribution in [2.75, 3.05) is 20.2 Å². The Kier molecular flexibility index (Phi) is 6.99. The number of carbonyl (C=O) groups is 2. The van der Waals surface area contributed by atoms with E-state index >= 15 is 0 Å². The van der Waals surface area contributed by atoms with E-state index in [1.54, 1.807) is 18.1 Å². The topological polar surface area (TPSA) is 58.6 Å². The van der Waals surface area contributed by atoms with Gasteiger partial charge in [0, 0.05) is 23.7 Å². The van der Waals surface area contributed by atoms with Gasteiger partial charge >= 0.3 is 0 Å². The van der Waals surface area contributed by atoms with Crippen molar-refractivity contribution in [3.8, 4) is 5.75 Å². The molecule has 2 atom stereocenters. The maximum absolute atomic E-state index is 13.3. The summed E-state index contributed by atoms with van der Waals surface area (Å²) < 4.78 is 5.19. The van der Waals surface area contributed by atoms with Crippen LogP contribution >= 0.6 is 11.6 Å². The molecule has 33 heavy (non-hydrogen) atoms. The molecule has 6 heteroatoms. The van der Waals surface area contributed by atoms with Gasteiger partial charge in [-0.05, 0) is 59.4 Å². The van der Waals surface area contributed by atoms with Gasteiger partial charge in [-0.1, -0.05) is 61.0 Å². The molecule has 5 nitrogen and oxygen atoms in total. The van der Waals surface area contributed by atoms with E-state index in [0.717, 1.165) is 22.4 Å². The normalized spacial score (nSPS) is 15.8. The Bertz CT molecular complexity index is 1130. The van der Waals surface area contributed by atoms with Crippen LogP contribution in [-0.2, 0) is 11.2 Å². The zero-order chi connectivity index (χ0) is 23.4. The molecule has 0 aliphatic carbocycles. The molecule has 0 radical (unpaired) electrons. The van der Waals surface area contributed by atoms with Crippen LogP contribution in [-0.4, -0.2) is 36.9 Å². The predicted octanol–water partition coefficient (Wildman–Crippen LogP) is 5.01. The van der Waals surface area contributed by atoms with Gasteiger partial charge in [-0.2, -0.15) is 0 Å². The van der Waals surface area contributed by atoms with E-state index in [9.17, 15) is 9.59 Å². The van der Waals surface area contributed by atoms with Gasteiger partial charge < -0.3 is 15.0 Å². The minimum Gasteiger partial charge on any atom is -0.497 e. The predicted molar refractivity (Wildman–Crippen MR) is 130 cm³/mol. The van der Waals surface area contributed by atoms with Crippen LogP contribution in [0.15, 0.2) is 72.8 Å². The highest BCUT2D eigenvalue weighted by atomic mass is 35.5. The van der Waals surface area contributed by atoms with Crippen molar-refractivity contribution < 1.29 is 14.3 Å². The van der Waals surface area contributed by atoms with Crippen LogP contribution in [0.5, 0.6) is 5.75 Å². The molecule has 0 aromatic heterocycles. The molecular formula is C27H27ClN2O3. The van der Waals surface area contributed by atoms with Gasteiger partial charge in [0.2, 0.25) is 5.91 Å². The average Bonchev–Trinajstić information content (AvgIpc) is 3.11. The molecule has 0 saturated heterocycles. The van der Waals surface area contributed by atoms with E-state index in [-0.39, 0.29) is 17.7 Å². The first-order valence-electron chi connectivity index (χ1n) is 11.0. The number of amides is 2. The van der Waals surface area contributed by atoms with Gasteiger partial charge in [-0.3, -0.25) is 9.59 Å². The number of methoxy groups -OCH3 is 1. The van der Waals surface area contributed by atoms with E-state index in [1.807, 2.05) is 66.7 Å². The second-order valence-electron chi connectivity index (χ2n) is 8.29. The molecule has 1 aliphatic rings. The van der Waals surface area contributed by atoms with Crippen molar-refractivity contribution in [3.63, 3.8) is 0 Å². The Balaban J connectivity index is 1.48. The molecule has 4 rings (SSSR count). The van der Waals surface area contributed by atoms with Crippen molar-refractivity contribution in [2.45, 2.75) is 25.3 Å². The summed E-state index contributed by atoms with van der Waals surface area (Å²) in [6, 6.07) is 22.1. The zero-order valence-corrected chi connectivity index (χ0v) is 19.5. The van der Waals surface area contributed by atoms with Gasteiger partial charge in [-0.25, -0.2) is 0 Å². The summed E-state index contributed by atoms with van der Waals surface area (Å²) in [5.74, 6) is 0.580. The van der Waals surface area contributed by atoms with E-state index < -0.39 is 6.04 Å². The number of nitrogens with zero attached hydrogens (tertiary/aromatic N) is 1. The summed E-state index contributed by atoms with van der Waals surface area (Å²) in [5.41, 5.74) is 3.53. The Morgan fingerprint density at radius 2 is 1.76 bits per heavy atom. The Labute approximate surface area is 199 Å². The van der Waals surface area contributed by atoms with Crippen LogP contribution in [0.3, 0.4) is 0 Å². The first-order chi connectivity index (χ1) is 16.0. The maximum Gasteiger partial charge on any atom is 0.255 e. The third-order valence-electron chi connectivity index (χ3n) is 6.09. The molecule has 3 aromatic carbocycles. The highest BCUT2D eigenvalue weighted by Gasteiger charge is 2.41. The van der Waals surface area contributed by atoms with Gasteiger partial charge in [0.1, 0.15) is 11.8 Å². The van der Waals surface area contributed by atoms with E-state index in [4.69, 9.17) is 16.3 Å². The number of benzene rings is 3. The summed E-state index contributed by atoms with van der Waals surface area (Å²) >= 11 is 6.02. The Morgan fingerprint density at radius 1 is 1.06 bits per heavy atom. The number of nitrogens with one attached hydrogen (secondary N) is 1. The summed E-state index contributed by atoms with van der Waals surface area (Å²) in [6.07, 6.45) is 0.694. The number of ether oxygens (including phenoxy) is 1. The van der Waals surface area contributed by atoms with Crippen LogP contribution in [0.25, 0.3) is 0 Å². The Morgan fingerprint density at radius 3 is 2.45 bits per heavy atom. The Hall–Kier alpha value is -3.31. The van der Waals surface area contributed by atoms with Crippen molar-refractivity contribution >= 4 is 23.4 Å². The van der Waals surface area contributed by atoms with Crippen molar-refractivity contribution in [1.82, 2.24) is 10.2 Å². The van der Waals surface area contributed by atoms with Crippen LogP contribution in [0.2, 0.25) is 5.02 Å². The van der Waals surface area contributed by atoms with E-state index in [0.29, 0.717) is 30.1 Å². The molecule has 1 N–H and O–H groups in total. The standard InChI is InChI=1S/C27H27ClN2O3/c1-18(20-9-11-21(28)12-10-20)17-30-25(23-5-3-4-6-24(23)27(30)32)26(31)29-16-15-19-7-13-22(33-2)14-8-19/h3-14,18,25H,15-17H2,1-2H3,(H,29,31). The fraction of sp³-hybridized carbons (Fsp3) is 0.259. The summed E-state index contributed by atoms with van der Waals surface area (Å²) in [7, 11) is 1.63. The van der Waals surface area contributed by atoms with Crippen molar-refractivity contribution in [3.05, 3.63) is 100 Å². The number of fused-ring (bicyclic) bond motifs is 1. The molecule has 0 fully saturated rings. The van der Waals surface area contributed by atoms with Gasteiger partial charge in [0.15, 0.2) is 0 Å². The number of rotatable bonds is 8. The average molecular weight is 463 g/mol. The molecule has 0 saturated carbocycles. The fourth-order valence-corrected chi connectivity index (χ4v) is 4.38. The smallest absolute Gasteiger partial charge is 0.255 e. The van der Waals surface area contributed by atoms with Crippen molar-refractivity contribution in [1.29, 1.82) is 0 Å². The first-order valence-corrected chi connectivity index (χ1v) is 11.4. The highest BCUT2D eigenvalue weighted by Crippen LogP contribution is 2.35. The minimum atomic E-state index is -0.640. The SMILES string of the molecule is COc1ccc(CCNC(=O)C2c3ccccc3C(=O)N2CC(C)c2ccc(Cl)cc2)cc1. The van der Waals surface area contributed by atoms with Crippen LogP contribution in [0, 0.1) is 0 Å². The molecule has 1 aliphatic heterocycles. The second kappa shape index (κ2) is 10.1. The third kappa shape index (κ3) is 5.04. The molecular weight excluding hydrogens is 436 g/mol. The lowest BCUT2D eigenvalue weighted by Gasteiger charge is -2.27. The largest absolute Gasteiger partial charge is 0.497 e. The fourth-order valence-electron chi connectivity index (χ4n) is 4.25. The van der Waals surface area contributed by atoms with Gasteiger partial charge in [0.25, 0.3) is 5.91 Å². The number of halogens is 1. The quantitative estimate of drug-likeness (QED) is 0.512. The lowest BCUT2D eigenvalue weighted by molar-refractivity contribution is -0.125. The van der Waals surface area contributed by atoms with E-state index in [1.165, 1.54) is 0 Å². The van der Waals surface area contributed by atoms with Crippen LogP contribution in [0.1, 0.15) is 45.9 Å². The lowest BCUT2D eigenvalue weighted by atomic mass is 9.99. The first kappa shape index (κ1) is 22.9. The zero-order valence-electron chi connectivity index (χ0n) is 18.8. The minimum absolute atomic E-state index is 0.0510. The molecule has 2 unspecified atom stereocenters. The van der Waals surface area contributed by atoms with Crippen LogP contribution < -0.4 is 10.1 Å². The molecule has 3 aromatic rings. The summed E-state index contributed by atoms with van der Waals surface area (Å²) in [4.78, 5) is 28.2. The molecule has 0 bridgehead atoms. The molecule has 2 amide bonds. The summed E-state index contributed by atoms with van der Waals surface area (Å²) in [6.45, 7) is 2.97. The number of hydrogen-bond acceptors (Lipinski definition) is 3. The monoisotopic (exact) mass is 462 g/mol. The van der Waals surface area contributed by atoms with Gasteiger partial charge in [0.05, 0.1) is 7.11 Å².